The molecule has 0 spiro atoms. The normalized spacial score (nSPS) is 47.4. The van der Waals surface area contributed by atoms with Crippen molar-refractivity contribution in [2.75, 3.05) is 0 Å². The van der Waals surface area contributed by atoms with Crippen molar-refractivity contribution in [2.24, 2.45) is 11.8 Å². The van der Waals surface area contributed by atoms with Crippen LogP contribution in [0.25, 0.3) is 0 Å². The Labute approximate surface area is 120 Å². The summed E-state index contributed by atoms with van der Waals surface area (Å²) in [5.41, 5.74) is 1.62. The third-order valence-corrected chi connectivity index (χ3v) is 7.67. The highest BCUT2D eigenvalue weighted by Crippen LogP contribution is 2.60. The fraction of sp³-hybridized carbons (Fsp3) is 0.571. The van der Waals surface area contributed by atoms with Crippen molar-refractivity contribution in [3.8, 4) is 0 Å². The molecule has 3 heteroatoms. The fourth-order valence-electron chi connectivity index (χ4n) is 3.61. The lowest BCUT2D eigenvalue weighted by Crippen LogP contribution is -2.41. The predicted octanol–water partition coefficient (Wildman–Crippen LogP) is 4.03. The van der Waals surface area contributed by atoms with Gasteiger partial charge in [-0.1, -0.05) is 52.9 Å². The number of hydrogen-bond donors (Lipinski definition) is 0. The van der Waals surface area contributed by atoms with Gasteiger partial charge in [-0.25, -0.2) is 0 Å². The Bertz CT molecular complexity index is 423. The Morgan fingerprint density at radius 2 is 2.00 bits per heavy atom. The predicted molar refractivity (Wildman–Crippen MR) is 79.5 cm³/mol. The zero-order valence-electron chi connectivity index (χ0n) is 9.46. The van der Waals surface area contributed by atoms with E-state index in [1.165, 1.54) is 18.4 Å². The number of benzene rings is 1. The van der Waals surface area contributed by atoms with Gasteiger partial charge in [0.05, 0.1) is 6.10 Å². The lowest BCUT2D eigenvalue weighted by Gasteiger charge is -2.41. The molecule has 0 unspecified atom stereocenters. The highest BCUT2D eigenvalue weighted by Gasteiger charge is 2.56. The second kappa shape index (κ2) is 4.14. The summed E-state index contributed by atoms with van der Waals surface area (Å²) in [7, 11) is 0. The molecule has 1 nitrogen and oxygen atoms in total. The standard InChI is InChI=1S/C14H15IOS/c15-12-9-6-10-11(7-9)17-14(16-13(10)12)8-4-2-1-3-5-8/h1-5,9-14H,6-7H2/t9-,10+,11-,12-,13-,14-/m0/s1. The Kier molecular flexibility index (Phi) is 2.70. The highest BCUT2D eigenvalue weighted by molar-refractivity contribution is 14.1. The molecule has 1 aromatic carbocycles. The Morgan fingerprint density at radius 1 is 1.18 bits per heavy atom. The smallest absolute Gasteiger partial charge is 0.129 e. The number of alkyl halides is 1. The molecule has 4 rings (SSSR count). The summed E-state index contributed by atoms with van der Waals surface area (Å²) in [6.45, 7) is 0. The van der Waals surface area contributed by atoms with Crippen LogP contribution in [0.1, 0.15) is 23.8 Å². The molecule has 3 aliphatic rings. The van der Waals surface area contributed by atoms with Gasteiger partial charge in [-0.15, -0.1) is 11.8 Å². The second-order valence-electron chi connectivity index (χ2n) is 5.36. The van der Waals surface area contributed by atoms with Crippen molar-refractivity contribution >= 4 is 34.4 Å². The van der Waals surface area contributed by atoms with Crippen molar-refractivity contribution in [2.45, 2.75) is 33.6 Å². The molecule has 0 amide bonds. The minimum atomic E-state index is 0.277. The van der Waals surface area contributed by atoms with E-state index in [0.717, 1.165) is 21.0 Å². The Balaban J connectivity index is 1.62. The Morgan fingerprint density at radius 3 is 2.76 bits per heavy atom. The molecule has 2 aliphatic carbocycles. The van der Waals surface area contributed by atoms with Crippen molar-refractivity contribution in [3.05, 3.63) is 35.9 Å². The summed E-state index contributed by atoms with van der Waals surface area (Å²) < 4.78 is 7.12. The van der Waals surface area contributed by atoms with Gasteiger partial charge in [0.15, 0.2) is 0 Å². The average molecular weight is 358 g/mol. The maximum atomic E-state index is 6.36. The molecule has 2 saturated carbocycles. The average Bonchev–Trinajstić information content (AvgIpc) is 2.92. The van der Waals surface area contributed by atoms with Crippen LogP contribution in [0.3, 0.4) is 0 Å². The van der Waals surface area contributed by atoms with Crippen LogP contribution in [-0.4, -0.2) is 15.3 Å². The third-order valence-electron chi connectivity index (χ3n) is 4.42. The van der Waals surface area contributed by atoms with Crippen LogP contribution < -0.4 is 0 Å². The molecule has 17 heavy (non-hydrogen) atoms. The van der Waals surface area contributed by atoms with E-state index in [-0.39, 0.29) is 5.44 Å². The van der Waals surface area contributed by atoms with E-state index < -0.39 is 0 Å². The van der Waals surface area contributed by atoms with E-state index in [4.69, 9.17) is 4.74 Å². The number of rotatable bonds is 1. The molecular weight excluding hydrogens is 343 g/mol. The van der Waals surface area contributed by atoms with Gasteiger partial charge < -0.3 is 4.74 Å². The number of halogens is 1. The number of hydrogen-bond acceptors (Lipinski definition) is 2. The maximum absolute atomic E-state index is 6.36. The van der Waals surface area contributed by atoms with Crippen molar-refractivity contribution < 1.29 is 4.74 Å². The van der Waals surface area contributed by atoms with E-state index in [1.807, 2.05) is 0 Å². The van der Waals surface area contributed by atoms with Crippen molar-refractivity contribution in [1.29, 1.82) is 0 Å². The highest BCUT2D eigenvalue weighted by atomic mass is 127. The monoisotopic (exact) mass is 358 g/mol. The van der Waals surface area contributed by atoms with Gasteiger partial charge >= 0.3 is 0 Å². The first-order valence-corrected chi connectivity index (χ1v) is 8.52. The van der Waals surface area contributed by atoms with E-state index in [0.29, 0.717) is 6.10 Å². The third kappa shape index (κ3) is 1.69. The molecule has 1 heterocycles. The summed E-state index contributed by atoms with van der Waals surface area (Å²) in [5.74, 6) is 1.77. The molecule has 0 radical (unpaired) electrons. The first-order valence-electron chi connectivity index (χ1n) is 6.33. The summed E-state index contributed by atoms with van der Waals surface area (Å²) in [6, 6.07) is 10.7. The van der Waals surface area contributed by atoms with Crippen LogP contribution in [0.2, 0.25) is 0 Å². The van der Waals surface area contributed by atoms with Crippen LogP contribution in [0.15, 0.2) is 30.3 Å². The van der Waals surface area contributed by atoms with Gasteiger partial charge in [-0.05, 0) is 30.2 Å². The number of fused-ring (bicyclic) bond motifs is 1. The lowest BCUT2D eigenvalue weighted by atomic mass is 9.96. The van der Waals surface area contributed by atoms with Crippen LogP contribution in [-0.2, 0) is 4.74 Å². The lowest BCUT2D eigenvalue weighted by molar-refractivity contribution is -0.00378. The van der Waals surface area contributed by atoms with E-state index >= 15 is 0 Å². The first-order chi connectivity index (χ1) is 8.33. The molecule has 3 fully saturated rings. The molecule has 0 aromatic heterocycles. The largest absolute Gasteiger partial charge is 0.358 e. The molecule has 1 aliphatic heterocycles. The summed E-state index contributed by atoms with van der Waals surface area (Å²) in [5, 5.41) is 0.856. The SMILES string of the molecule is I[C@H]1[C@H]2C[C@H]3[C@@H]1O[C@H](c1ccccc1)S[C@H]3C2. The zero-order chi connectivity index (χ0) is 11.4. The molecule has 1 aromatic rings. The maximum Gasteiger partial charge on any atom is 0.129 e. The van der Waals surface area contributed by atoms with Gasteiger partial charge in [0, 0.05) is 9.17 Å². The van der Waals surface area contributed by atoms with Crippen LogP contribution in [0, 0.1) is 11.8 Å². The minimum Gasteiger partial charge on any atom is -0.358 e. The first kappa shape index (κ1) is 11.1. The van der Waals surface area contributed by atoms with Crippen molar-refractivity contribution in [3.63, 3.8) is 0 Å². The minimum absolute atomic E-state index is 0.277. The van der Waals surface area contributed by atoms with E-state index in [9.17, 15) is 0 Å². The zero-order valence-corrected chi connectivity index (χ0v) is 12.4. The van der Waals surface area contributed by atoms with Gasteiger partial charge in [-0.3, -0.25) is 0 Å². The molecule has 0 N–H and O–H groups in total. The van der Waals surface area contributed by atoms with E-state index in [2.05, 4.69) is 64.7 Å². The van der Waals surface area contributed by atoms with Gasteiger partial charge in [-0.2, -0.15) is 0 Å². The van der Waals surface area contributed by atoms with E-state index in [1.54, 1.807) is 0 Å². The van der Waals surface area contributed by atoms with Crippen LogP contribution in [0.5, 0.6) is 0 Å². The second-order valence-corrected chi connectivity index (χ2v) is 8.10. The number of thioether (sulfide) groups is 1. The van der Waals surface area contributed by atoms with Gasteiger partial charge in [0.1, 0.15) is 5.44 Å². The molecule has 2 bridgehead atoms. The summed E-state index contributed by atoms with van der Waals surface area (Å²) in [4.78, 5) is 0. The molecule has 6 atom stereocenters. The summed E-state index contributed by atoms with van der Waals surface area (Å²) >= 11 is 4.69. The van der Waals surface area contributed by atoms with Gasteiger partial charge in [0.25, 0.3) is 0 Å². The van der Waals surface area contributed by atoms with Gasteiger partial charge in [0.2, 0.25) is 0 Å². The van der Waals surface area contributed by atoms with Crippen LogP contribution >= 0.6 is 34.4 Å². The van der Waals surface area contributed by atoms with Crippen molar-refractivity contribution in [1.82, 2.24) is 0 Å². The fourth-order valence-corrected chi connectivity index (χ4v) is 6.55. The molecule has 90 valence electrons. The topological polar surface area (TPSA) is 9.23 Å². The Hall–Kier alpha value is 0.260. The molecule has 1 saturated heterocycles. The van der Waals surface area contributed by atoms with Crippen LogP contribution in [0.4, 0.5) is 0 Å². The summed E-state index contributed by atoms with van der Waals surface area (Å²) in [6.07, 6.45) is 3.36. The quantitative estimate of drug-likeness (QED) is 0.554. The number of ether oxygens (including phenoxy) is 1. The molecular formula is C14H15IOS.